The summed E-state index contributed by atoms with van der Waals surface area (Å²) in [6.07, 6.45) is 1.62. The van der Waals surface area contributed by atoms with Crippen molar-refractivity contribution < 1.29 is 26.3 Å². The molecule has 3 aromatic rings. The first-order valence-electron chi connectivity index (χ1n) is 12.1. The Morgan fingerprint density at radius 1 is 1.00 bits per heavy atom. The van der Waals surface area contributed by atoms with E-state index in [-0.39, 0.29) is 16.0 Å². The third-order valence-electron chi connectivity index (χ3n) is 6.52. The molecule has 0 saturated heterocycles. The molecule has 0 atom stereocenters. The maximum absolute atomic E-state index is 13.5. The summed E-state index contributed by atoms with van der Waals surface area (Å²) in [4.78, 5) is 2.35. The molecule has 0 unspecified atom stereocenters. The van der Waals surface area contributed by atoms with E-state index in [4.69, 9.17) is 0 Å². The molecule has 0 fully saturated rings. The van der Waals surface area contributed by atoms with E-state index in [1.165, 1.54) is 17.2 Å². The van der Waals surface area contributed by atoms with Crippen LogP contribution >= 0.6 is 0 Å². The van der Waals surface area contributed by atoms with E-state index in [2.05, 4.69) is 59.4 Å². The molecule has 37 heavy (non-hydrogen) atoms. The maximum Gasteiger partial charge on any atom is 0.387 e. The fourth-order valence-electron chi connectivity index (χ4n) is 4.38. The molecule has 0 amide bonds. The molecule has 1 aliphatic heterocycles. The zero-order chi connectivity index (χ0) is 26.8. The number of nitrogens with zero attached hydrogens (tertiary/aromatic N) is 1. The second-order valence-electron chi connectivity index (χ2n) is 10.3. The van der Waals surface area contributed by atoms with Crippen molar-refractivity contribution in [1.82, 2.24) is 4.90 Å². The van der Waals surface area contributed by atoms with E-state index in [0.717, 1.165) is 42.8 Å². The Kier molecular flexibility index (Phi) is 7.85. The van der Waals surface area contributed by atoms with Gasteiger partial charge >= 0.3 is 6.61 Å². The number of rotatable bonds is 8. The van der Waals surface area contributed by atoms with Crippen molar-refractivity contribution in [2.75, 3.05) is 17.8 Å². The van der Waals surface area contributed by atoms with Gasteiger partial charge in [-0.25, -0.2) is 12.8 Å². The lowest BCUT2D eigenvalue weighted by atomic mass is 9.86. The van der Waals surface area contributed by atoms with Gasteiger partial charge in [0.1, 0.15) is 5.82 Å². The van der Waals surface area contributed by atoms with Gasteiger partial charge in [0, 0.05) is 25.7 Å². The van der Waals surface area contributed by atoms with E-state index in [1.54, 1.807) is 12.1 Å². The Balaban J connectivity index is 1.42. The fraction of sp³-hybridized carbons (Fsp3) is 0.357. The summed E-state index contributed by atoms with van der Waals surface area (Å²) >= 11 is 0. The molecular weight excluding hydrogens is 501 g/mol. The zero-order valence-electron chi connectivity index (χ0n) is 21.1. The summed E-state index contributed by atoms with van der Waals surface area (Å²) in [6.45, 7) is 5.78. The van der Waals surface area contributed by atoms with Crippen molar-refractivity contribution in [3.8, 4) is 5.75 Å². The topological polar surface area (TPSA) is 58.6 Å². The van der Waals surface area contributed by atoms with Gasteiger partial charge in [-0.3, -0.25) is 9.62 Å². The highest BCUT2D eigenvalue weighted by Gasteiger charge is 2.23. The Morgan fingerprint density at radius 3 is 2.41 bits per heavy atom. The monoisotopic (exact) mass is 532 g/mol. The minimum absolute atomic E-state index is 0.00552. The first-order valence-corrected chi connectivity index (χ1v) is 13.6. The van der Waals surface area contributed by atoms with Gasteiger partial charge in [0.2, 0.25) is 0 Å². The van der Waals surface area contributed by atoms with Crippen LogP contribution in [0.4, 0.5) is 18.9 Å². The van der Waals surface area contributed by atoms with Crippen LogP contribution in [-0.4, -0.2) is 33.0 Å². The van der Waals surface area contributed by atoms with Crippen LogP contribution in [0.5, 0.6) is 5.75 Å². The summed E-state index contributed by atoms with van der Waals surface area (Å²) in [7, 11) is -4.10. The Bertz CT molecular complexity index is 1350. The molecule has 1 aliphatic rings. The minimum Gasteiger partial charge on any atom is -0.432 e. The Hall–Kier alpha value is -3.04. The molecule has 9 heteroatoms. The molecular formula is C28H31F3N2O3S. The highest BCUT2D eigenvalue weighted by atomic mass is 32.2. The number of hydrogen-bond donors (Lipinski definition) is 1. The van der Waals surface area contributed by atoms with Crippen molar-refractivity contribution in [3.63, 3.8) is 0 Å². The molecule has 0 aliphatic carbocycles. The Morgan fingerprint density at radius 2 is 1.73 bits per heavy atom. The number of sulfonamides is 1. The number of anilines is 1. The van der Waals surface area contributed by atoms with Crippen molar-refractivity contribution in [2.24, 2.45) is 0 Å². The maximum atomic E-state index is 13.5. The molecule has 0 saturated carbocycles. The van der Waals surface area contributed by atoms with Gasteiger partial charge in [-0.15, -0.1) is 0 Å². The van der Waals surface area contributed by atoms with Crippen LogP contribution < -0.4 is 9.46 Å². The van der Waals surface area contributed by atoms with Gasteiger partial charge < -0.3 is 4.74 Å². The highest BCUT2D eigenvalue weighted by molar-refractivity contribution is 7.92. The number of hydrogen-bond acceptors (Lipinski definition) is 4. The minimum atomic E-state index is -4.10. The van der Waals surface area contributed by atoms with Gasteiger partial charge in [-0.1, -0.05) is 51.1 Å². The lowest BCUT2D eigenvalue weighted by Gasteiger charge is -2.29. The molecule has 1 N–H and O–H groups in total. The molecule has 3 aromatic carbocycles. The van der Waals surface area contributed by atoms with Crippen molar-refractivity contribution in [1.29, 1.82) is 0 Å². The van der Waals surface area contributed by atoms with E-state index in [0.29, 0.717) is 19.0 Å². The standard InChI is InChI=1S/C28H31F3N2O3S/c1-28(2,3)22-7-4-19(5-8-22)12-14-33-15-13-20-16-24(10-6-21(20)18-33)37(34,35)32-25-11-9-23(29)17-26(25)36-27(30)31/h4-11,16-17,27,32H,12-15,18H2,1-3H3. The summed E-state index contributed by atoms with van der Waals surface area (Å²) in [6, 6.07) is 16.4. The van der Waals surface area contributed by atoms with E-state index < -0.39 is 28.2 Å². The van der Waals surface area contributed by atoms with Crippen molar-refractivity contribution in [2.45, 2.75) is 57.1 Å². The normalized spacial score (nSPS) is 14.5. The second kappa shape index (κ2) is 10.8. The lowest BCUT2D eigenvalue weighted by molar-refractivity contribution is -0.0494. The smallest absolute Gasteiger partial charge is 0.387 e. The summed E-state index contributed by atoms with van der Waals surface area (Å²) < 4.78 is 71.3. The van der Waals surface area contributed by atoms with Crippen LogP contribution in [0.1, 0.15) is 43.0 Å². The first kappa shape index (κ1) is 27.0. The van der Waals surface area contributed by atoms with Gasteiger partial charge in [0.25, 0.3) is 10.0 Å². The molecule has 0 aromatic heterocycles. The molecule has 4 rings (SSSR count). The SMILES string of the molecule is CC(C)(C)c1ccc(CCN2CCc3cc(S(=O)(=O)Nc4ccc(F)cc4OC(F)F)ccc3C2)cc1. The van der Waals surface area contributed by atoms with Crippen LogP contribution in [0.15, 0.2) is 65.6 Å². The van der Waals surface area contributed by atoms with Crippen LogP contribution in [0.3, 0.4) is 0 Å². The number of alkyl halides is 2. The average molecular weight is 533 g/mol. The molecule has 0 spiro atoms. The lowest BCUT2D eigenvalue weighted by Crippen LogP contribution is -2.32. The van der Waals surface area contributed by atoms with Crippen molar-refractivity contribution >= 4 is 15.7 Å². The quantitative estimate of drug-likeness (QED) is 0.379. The molecule has 1 heterocycles. The van der Waals surface area contributed by atoms with Crippen LogP contribution in [0.2, 0.25) is 0 Å². The third kappa shape index (κ3) is 6.84. The fourth-order valence-corrected chi connectivity index (χ4v) is 5.50. The number of fused-ring (bicyclic) bond motifs is 1. The van der Waals surface area contributed by atoms with E-state index in [1.807, 2.05) is 0 Å². The number of ether oxygens (including phenoxy) is 1. The van der Waals surface area contributed by atoms with Gasteiger partial charge in [0.15, 0.2) is 5.75 Å². The summed E-state index contributed by atoms with van der Waals surface area (Å²) in [5.74, 6) is -1.40. The third-order valence-corrected chi connectivity index (χ3v) is 7.88. The van der Waals surface area contributed by atoms with Crippen molar-refractivity contribution in [3.05, 3.63) is 88.7 Å². The Labute approximate surface area is 216 Å². The van der Waals surface area contributed by atoms with Crippen LogP contribution in [0.25, 0.3) is 0 Å². The zero-order valence-corrected chi connectivity index (χ0v) is 21.9. The first-order chi connectivity index (χ1) is 17.4. The molecule has 0 radical (unpaired) electrons. The van der Waals surface area contributed by atoms with Gasteiger partial charge in [-0.05, 0) is 64.8 Å². The number of halogens is 3. The van der Waals surface area contributed by atoms with Gasteiger partial charge in [0.05, 0.1) is 10.6 Å². The summed E-state index contributed by atoms with van der Waals surface area (Å²) in [5.41, 5.74) is 4.43. The predicted molar refractivity (Wildman–Crippen MR) is 138 cm³/mol. The largest absolute Gasteiger partial charge is 0.432 e. The average Bonchev–Trinajstić information content (AvgIpc) is 2.83. The van der Waals surface area contributed by atoms with E-state index in [9.17, 15) is 21.6 Å². The molecule has 5 nitrogen and oxygen atoms in total. The van der Waals surface area contributed by atoms with Crippen LogP contribution in [0, 0.1) is 5.82 Å². The predicted octanol–water partition coefficient (Wildman–Crippen LogP) is 6.13. The summed E-state index contributed by atoms with van der Waals surface area (Å²) in [5, 5.41) is 0. The highest BCUT2D eigenvalue weighted by Crippen LogP contribution is 2.30. The van der Waals surface area contributed by atoms with E-state index >= 15 is 0 Å². The second-order valence-corrected chi connectivity index (χ2v) is 12.0. The molecule has 0 bridgehead atoms. The van der Waals surface area contributed by atoms with Gasteiger partial charge in [-0.2, -0.15) is 8.78 Å². The number of benzene rings is 3. The van der Waals surface area contributed by atoms with Crippen LogP contribution in [-0.2, 0) is 34.8 Å². The number of nitrogens with one attached hydrogen (secondary N) is 1. The molecule has 198 valence electrons.